The van der Waals surface area contributed by atoms with Crippen LogP contribution in [-0.2, 0) is 5.41 Å². The maximum atomic E-state index is 11.3. The molecule has 2 aromatic heterocycles. The Bertz CT molecular complexity index is 988. The van der Waals surface area contributed by atoms with E-state index in [1.165, 1.54) is 29.4 Å². The molecule has 124 valence electrons. The second kappa shape index (κ2) is 5.03. The SMILES string of the molecule is Cc1cc(-c2n[nH]c(=O)o2)nc2c(C(C)(C)C)cc(C3CC3)cc12. The third-order valence-corrected chi connectivity index (χ3v) is 4.66. The van der Waals surface area contributed by atoms with Crippen molar-refractivity contribution in [1.82, 2.24) is 15.2 Å². The summed E-state index contributed by atoms with van der Waals surface area (Å²) in [4.78, 5) is 16.0. The lowest BCUT2D eigenvalue weighted by Crippen LogP contribution is -2.13. The van der Waals surface area contributed by atoms with Gasteiger partial charge in [0.1, 0.15) is 5.69 Å². The van der Waals surface area contributed by atoms with Crippen molar-refractivity contribution in [3.8, 4) is 11.6 Å². The van der Waals surface area contributed by atoms with Gasteiger partial charge in [0, 0.05) is 5.39 Å². The number of nitrogens with zero attached hydrogens (tertiary/aromatic N) is 2. The first kappa shape index (κ1) is 15.1. The first-order chi connectivity index (χ1) is 11.3. The number of H-pyrrole nitrogens is 1. The standard InChI is InChI=1S/C19H21N3O2/c1-10-7-15(17-21-22-18(23)24-17)20-16-13(10)8-12(11-5-6-11)9-14(16)19(2,3)4/h7-9,11H,5-6H2,1-4H3,(H,22,23). The van der Waals surface area contributed by atoms with Gasteiger partial charge in [0.05, 0.1) is 5.52 Å². The molecule has 24 heavy (non-hydrogen) atoms. The molecule has 5 nitrogen and oxygen atoms in total. The Morgan fingerprint density at radius 2 is 1.96 bits per heavy atom. The van der Waals surface area contributed by atoms with E-state index >= 15 is 0 Å². The van der Waals surface area contributed by atoms with Gasteiger partial charge >= 0.3 is 5.76 Å². The van der Waals surface area contributed by atoms with Crippen molar-refractivity contribution in [2.45, 2.75) is 51.9 Å². The topological polar surface area (TPSA) is 71.8 Å². The van der Waals surface area contributed by atoms with E-state index in [0.29, 0.717) is 11.6 Å². The fourth-order valence-electron chi connectivity index (χ4n) is 3.19. The van der Waals surface area contributed by atoms with Crippen LogP contribution in [0, 0.1) is 6.92 Å². The van der Waals surface area contributed by atoms with Crippen LogP contribution in [0.4, 0.5) is 0 Å². The van der Waals surface area contributed by atoms with Crippen molar-refractivity contribution >= 4 is 10.9 Å². The molecule has 4 rings (SSSR count). The maximum absolute atomic E-state index is 11.3. The molecule has 1 fully saturated rings. The molecule has 5 heteroatoms. The quantitative estimate of drug-likeness (QED) is 0.772. The van der Waals surface area contributed by atoms with E-state index in [-0.39, 0.29) is 11.3 Å². The Balaban J connectivity index is 2.02. The number of hydrogen-bond donors (Lipinski definition) is 1. The molecule has 1 aliphatic carbocycles. The molecule has 1 aliphatic rings. The minimum Gasteiger partial charge on any atom is -0.386 e. The predicted octanol–water partition coefficient (Wildman–Crippen LogP) is 4.06. The van der Waals surface area contributed by atoms with Crippen LogP contribution in [0.3, 0.4) is 0 Å². The van der Waals surface area contributed by atoms with Crippen LogP contribution in [0.5, 0.6) is 0 Å². The molecule has 0 saturated heterocycles. The third-order valence-electron chi connectivity index (χ3n) is 4.66. The molecule has 0 amide bonds. The summed E-state index contributed by atoms with van der Waals surface area (Å²) in [5.74, 6) is 0.361. The maximum Gasteiger partial charge on any atom is 0.434 e. The lowest BCUT2D eigenvalue weighted by atomic mass is 9.83. The summed E-state index contributed by atoms with van der Waals surface area (Å²) in [5, 5.41) is 7.39. The van der Waals surface area contributed by atoms with E-state index in [1.807, 2.05) is 6.07 Å². The van der Waals surface area contributed by atoms with E-state index in [4.69, 9.17) is 9.40 Å². The fourth-order valence-corrected chi connectivity index (χ4v) is 3.19. The molecule has 0 unspecified atom stereocenters. The van der Waals surface area contributed by atoms with Crippen LogP contribution >= 0.6 is 0 Å². The van der Waals surface area contributed by atoms with Crippen molar-refractivity contribution in [2.75, 3.05) is 0 Å². The Hall–Kier alpha value is -2.43. The molecular formula is C19H21N3O2. The summed E-state index contributed by atoms with van der Waals surface area (Å²) in [7, 11) is 0. The van der Waals surface area contributed by atoms with Crippen molar-refractivity contribution in [2.24, 2.45) is 0 Å². The smallest absolute Gasteiger partial charge is 0.386 e. The normalized spacial score (nSPS) is 15.2. The molecule has 1 saturated carbocycles. The van der Waals surface area contributed by atoms with Gasteiger partial charge in [0.25, 0.3) is 5.89 Å². The highest BCUT2D eigenvalue weighted by atomic mass is 16.4. The number of pyridine rings is 1. The average Bonchev–Trinajstić information content (AvgIpc) is 3.27. The summed E-state index contributed by atoms with van der Waals surface area (Å²) in [6.07, 6.45) is 2.55. The molecule has 1 aromatic carbocycles. The monoisotopic (exact) mass is 323 g/mol. The largest absolute Gasteiger partial charge is 0.434 e. The zero-order valence-corrected chi connectivity index (χ0v) is 14.4. The van der Waals surface area contributed by atoms with E-state index in [2.05, 4.69) is 50.0 Å². The number of nitrogens with one attached hydrogen (secondary N) is 1. The number of rotatable bonds is 2. The molecular weight excluding hydrogens is 302 g/mol. The number of aromatic amines is 1. The van der Waals surface area contributed by atoms with Gasteiger partial charge in [0.2, 0.25) is 0 Å². The first-order valence-electron chi connectivity index (χ1n) is 8.34. The van der Waals surface area contributed by atoms with Crippen LogP contribution in [0.15, 0.2) is 27.4 Å². The molecule has 0 atom stereocenters. The van der Waals surface area contributed by atoms with Crippen molar-refractivity contribution < 1.29 is 4.42 Å². The summed E-state index contributed by atoms with van der Waals surface area (Å²) in [6, 6.07) is 6.51. The van der Waals surface area contributed by atoms with Crippen LogP contribution in [0.25, 0.3) is 22.5 Å². The molecule has 3 aromatic rings. The molecule has 0 radical (unpaired) electrons. The zero-order valence-electron chi connectivity index (χ0n) is 14.4. The minimum atomic E-state index is -0.565. The van der Waals surface area contributed by atoms with Crippen LogP contribution in [0.2, 0.25) is 0 Å². The van der Waals surface area contributed by atoms with Crippen LogP contribution in [-0.4, -0.2) is 15.2 Å². The minimum absolute atomic E-state index is 0.0202. The second-order valence-electron chi connectivity index (χ2n) is 7.73. The molecule has 2 heterocycles. The van der Waals surface area contributed by atoms with Crippen molar-refractivity contribution in [1.29, 1.82) is 0 Å². The average molecular weight is 323 g/mol. The van der Waals surface area contributed by atoms with Gasteiger partial charge < -0.3 is 4.42 Å². The van der Waals surface area contributed by atoms with Crippen LogP contribution in [0.1, 0.15) is 56.2 Å². The van der Waals surface area contributed by atoms with Gasteiger partial charge in [-0.1, -0.05) is 26.8 Å². The summed E-state index contributed by atoms with van der Waals surface area (Å²) in [6.45, 7) is 8.69. The summed E-state index contributed by atoms with van der Waals surface area (Å²) >= 11 is 0. The van der Waals surface area contributed by atoms with Gasteiger partial charge in [0.15, 0.2) is 0 Å². The van der Waals surface area contributed by atoms with E-state index < -0.39 is 5.76 Å². The number of aromatic nitrogens is 3. The lowest BCUT2D eigenvalue weighted by molar-refractivity contribution is 0.525. The zero-order chi connectivity index (χ0) is 17.1. The van der Waals surface area contributed by atoms with Gasteiger partial charge in [-0.3, -0.25) is 0 Å². The van der Waals surface area contributed by atoms with Gasteiger partial charge in [-0.2, -0.15) is 0 Å². The van der Waals surface area contributed by atoms with E-state index in [1.54, 1.807) is 0 Å². The Morgan fingerprint density at radius 3 is 2.54 bits per heavy atom. The first-order valence-corrected chi connectivity index (χ1v) is 8.34. The Labute approximate surface area is 140 Å². The number of hydrogen-bond acceptors (Lipinski definition) is 4. The highest BCUT2D eigenvalue weighted by Crippen LogP contribution is 2.43. The number of aryl methyl sites for hydroxylation is 1. The third kappa shape index (κ3) is 2.54. The predicted molar refractivity (Wildman–Crippen MR) is 93.3 cm³/mol. The van der Waals surface area contributed by atoms with E-state index in [9.17, 15) is 4.79 Å². The van der Waals surface area contributed by atoms with Gasteiger partial charge in [-0.25, -0.2) is 14.9 Å². The molecule has 0 bridgehead atoms. The molecule has 0 aliphatic heterocycles. The number of benzene rings is 1. The lowest BCUT2D eigenvalue weighted by Gasteiger charge is -2.23. The van der Waals surface area contributed by atoms with E-state index in [0.717, 1.165) is 11.1 Å². The fraction of sp³-hybridized carbons (Fsp3) is 0.421. The second-order valence-corrected chi connectivity index (χ2v) is 7.73. The summed E-state index contributed by atoms with van der Waals surface area (Å²) < 4.78 is 5.09. The Kier molecular flexibility index (Phi) is 3.17. The molecule has 0 spiro atoms. The van der Waals surface area contributed by atoms with Gasteiger partial charge in [-0.05, 0) is 59.9 Å². The van der Waals surface area contributed by atoms with Crippen LogP contribution < -0.4 is 5.76 Å². The highest BCUT2D eigenvalue weighted by Gasteiger charge is 2.28. The van der Waals surface area contributed by atoms with Crippen molar-refractivity contribution in [3.05, 3.63) is 45.4 Å². The molecule has 1 N–H and O–H groups in total. The summed E-state index contributed by atoms with van der Waals surface area (Å²) in [5.41, 5.74) is 5.29. The van der Waals surface area contributed by atoms with Gasteiger partial charge in [-0.15, -0.1) is 5.10 Å². The number of fused-ring (bicyclic) bond motifs is 1. The highest BCUT2D eigenvalue weighted by molar-refractivity contribution is 5.88. The Morgan fingerprint density at radius 1 is 1.21 bits per heavy atom. The van der Waals surface area contributed by atoms with Crippen molar-refractivity contribution in [3.63, 3.8) is 0 Å².